The summed E-state index contributed by atoms with van der Waals surface area (Å²) in [4.78, 5) is 29.8. The van der Waals surface area contributed by atoms with E-state index in [0.29, 0.717) is 0 Å². The number of carbonyl (C=O) groups is 2. The molecule has 2 rings (SSSR count). The lowest BCUT2D eigenvalue weighted by Crippen LogP contribution is -2.64. The molecule has 0 aromatic heterocycles. The van der Waals surface area contributed by atoms with Crippen molar-refractivity contribution in [2.75, 3.05) is 13.2 Å². The number of nitrogens with zero attached hydrogens (tertiary/aromatic N) is 1. The zero-order valence-electron chi connectivity index (χ0n) is 14.9. The van der Waals surface area contributed by atoms with Gasteiger partial charge in [0.1, 0.15) is 19.2 Å². The number of carbonyl (C=O) groups excluding carboxylic acids is 2. The van der Waals surface area contributed by atoms with Crippen molar-refractivity contribution in [2.24, 2.45) is 0 Å². The third-order valence-electron chi connectivity index (χ3n) is 4.47. The van der Waals surface area contributed by atoms with Crippen LogP contribution in [0.25, 0.3) is 0 Å². The van der Waals surface area contributed by atoms with Gasteiger partial charge in [-0.2, -0.15) is 23.4 Å². The molecule has 0 aliphatic carbocycles. The lowest BCUT2D eigenvalue weighted by molar-refractivity contribution is -0.799. The zero-order valence-corrected chi connectivity index (χ0v) is 14.9. The van der Waals surface area contributed by atoms with Crippen molar-refractivity contribution in [3.8, 4) is 0 Å². The van der Waals surface area contributed by atoms with Crippen LogP contribution in [-0.4, -0.2) is 47.9 Å². The number of likely N-dealkylation sites (tertiary alicyclic amines) is 1. The quantitative estimate of drug-likeness (QED) is 0.462. The second-order valence-corrected chi connectivity index (χ2v) is 6.39. The van der Waals surface area contributed by atoms with E-state index in [1.807, 2.05) is 30.3 Å². The predicted octanol–water partition coefficient (Wildman–Crippen LogP) is 3.10. The highest BCUT2D eigenvalue weighted by Gasteiger charge is 2.66. The van der Waals surface area contributed by atoms with E-state index in [0.717, 1.165) is 5.56 Å². The van der Waals surface area contributed by atoms with Crippen molar-refractivity contribution in [3.63, 3.8) is 0 Å². The first-order chi connectivity index (χ1) is 12.7. The second-order valence-electron chi connectivity index (χ2n) is 6.39. The lowest BCUT2D eigenvalue weighted by Gasteiger charge is -2.31. The van der Waals surface area contributed by atoms with Crippen molar-refractivity contribution in [3.05, 3.63) is 48.6 Å². The highest BCUT2D eigenvalue weighted by Crippen LogP contribution is 2.35. The first-order valence-corrected chi connectivity index (χ1v) is 8.40. The number of imide groups is 1. The van der Waals surface area contributed by atoms with Gasteiger partial charge in [-0.05, 0) is 12.5 Å². The monoisotopic (exact) mass is 387 g/mol. The van der Waals surface area contributed by atoms with Gasteiger partial charge in [0.15, 0.2) is 0 Å². The van der Waals surface area contributed by atoms with Crippen LogP contribution in [0.5, 0.6) is 0 Å². The Morgan fingerprint density at radius 1 is 1.33 bits per heavy atom. The first kappa shape index (κ1) is 21.1. The molecule has 1 aromatic carbocycles. The minimum absolute atomic E-state index is 0.139. The van der Waals surface area contributed by atoms with Gasteiger partial charge in [-0.15, -0.1) is 4.48 Å². The molecule has 6 nitrogen and oxygen atoms in total. The first-order valence-electron chi connectivity index (χ1n) is 8.40. The Hall–Kier alpha value is -2.23. The summed E-state index contributed by atoms with van der Waals surface area (Å²) in [5.41, 5.74) is 3.54. The highest BCUT2D eigenvalue weighted by atomic mass is 19.4. The molecule has 148 valence electrons. The van der Waals surface area contributed by atoms with Crippen LogP contribution in [0.4, 0.5) is 18.0 Å². The summed E-state index contributed by atoms with van der Waals surface area (Å²) in [5.74, 6) is -2.14. The van der Waals surface area contributed by atoms with E-state index >= 15 is 0 Å². The number of amides is 2. The normalized spacial score (nSPS) is 25.2. The van der Waals surface area contributed by atoms with Gasteiger partial charge in [-0.25, -0.2) is 4.79 Å². The van der Waals surface area contributed by atoms with Crippen molar-refractivity contribution >= 4 is 12.0 Å². The summed E-state index contributed by atoms with van der Waals surface area (Å²) >= 11 is 0. The van der Waals surface area contributed by atoms with Crippen molar-refractivity contribution < 1.29 is 36.8 Å². The molecule has 1 unspecified atom stereocenters. The molecule has 0 bridgehead atoms. The Balaban J connectivity index is 2.11. The summed E-state index contributed by atoms with van der Waals surface area (Å²) in [6, 6.07) is 7.63. The maximum atomic E-state index is 13.2. The molecule has 1 fully saturated rings. The Labute approximate surface area is 155 Å². The number of hydrogen-bond acceptors (Lipinski definition) is 5. The summed E-state index contributed by atoms with van der Waals surface area (Å²) in [6.45, 7) is 4.27. The SMILES string of the molecule is C=CCOC(=O)[N+]1(C(=O)C(F)(F)F)C[C@H](NOCc2ccccc2)C[C@H]1C. The van der Waals surface area contributed by atoms with E-state index in [1.54, 1.807) is 0 Å². The molecular weight excluding hydrogens is 365 g/mol. The molecule has 1 aliphatic rings. The molecule has 1 aliphatic heterocycles. The predicted molar refractivity (Wildman–Crippen MR) is 90.0 cm³/mol. The second kappa shape index (κ2) is 8.64. The van der Waals surface area contributed by atoms with Crippen molar-refractivity contribution in [1.82, 2.24) is 5.48 Å². The van der Waals surface area contributed by atoms with Crippen molar-refractivity contribution in [1.29, 1.82) is 0 Å². The van der Waals surface area contributed by atoms with Crippen LogP contribution in [0.1, 0.15) is 18.9 Å². The smallest absolute Gasteiger partial charge is 0.415 e. The van der Waals surface area contributed by atoms with Gasteiger partial charge in [0.25, 0.3) is 0 Å². The summed E-state index contributed by atoms with van der Waals surface area (Å²) in [6.07, 6.45) is -5.04. The third kappa shape index (κ3) is 4.74. The van der Waals surface area contributed by atoms with Crippen LogP contribution in [0.15, 0.2) is 43.0 Å². The van der Waals surface area contributed by atoms with Crippen LogP contribution in [0.3, 0.4) is 0 Å². The molecular formula is C18H22F3N2O4+. The number of quaternary nitrogens is 1. The van der Waals surface area contributed by atoms with E-state index in [4.69, 9.17) is 9.57 Å². The molecule has 2 amide bonds. The molecule has 1 heterocycles. The Kier molecular flexibility index (Phi) is 6.74. The fourth-order valence-electron chi connectivity index (χ4n) is 3.19. The summed E-state index contributed by atoms with van der Waals surface area (Å²) in [7, 11) is 0. The number of benzene rings is 1. The molecule has 0 saturated carbocycles. The average Bonchev–Trinajstić information content (AvgIpc) is 2.96. The molecule has 1 aromatic rings. The highest BCUT2D eigenvalue weighted by molar-refractivity contribution is 5.85. The fourth-order valence-corrected chi connectivity index (χ4v) is 3.19. The number of halogens is 3. The van der Waals surface area contributed by atoms with Crippen molar-refractivity contribution in [2.45, 2.75) is 38.2 Å². The number of rotatable bonds is 6. The molecule has 1 N–H and O–H groups in total. The Bertz CT molecular complexity index is 681. The van der Waals surface area contributed by atoms with Gasteiger partial charge < -0.3 is 4.74 Å². The molecule has 0 spiro atoms. The zero-order chi connectivity index (χ0) is 20.1. The molecule has 27 heavy (non-hydrogen) atoms. The van der Waals surface area contributed by atoms with Crippen LogP contribution < -0.4 is 5.48 Å². The third-order valence-corrected chi connectivity index (χ3v) is 4.47. The lowest BCUT2D eigenvalue weighted by atomic mass is 10.2. The maximum Gasteiger partial charge on any atom is 0.524 e. The largest absolute Gasteiger partial charge is 0.524 e. The van der Waals surface area contributed by atoms with Gasteiger partial charge >= 0.3 is 18.2 Å². The molecule has 0 radical (unpaired) electrons. The van der Waals surface area contributed by atoms with Gasteiger partial charge in [0.2, 0.25) is 0 Å². The molecule has 9 heteroatoms. The van der Waals surface area contributed by atoms with E-state index < -0.39 is 41.3 Å². The van der Waals surface area contributed by atoms with Crippen LogP contribution in [0, 0.1) is 0 Å². The van der Waals surface area contributed by atoms with Gasteiger partial charge in [0.05, 0.1) is 12.6 Å². The maximum absolute atomic E-state index is 13.2. The number of hydroxylamine groups is 1. The Morgan fingerprint density at radius 2 is 2.00 bits per heavy atom. The van der Waals surface area contributed by atoms with E-state index in [9.17, 15) is 22.8 Å². The fraction of sp³-hybridized carbons (Fsp3) is 0.444. The molecule has 1 saturated heterocycles. The minimum Gasteiger partial charge on any atom is -0.415 e. The Morgan fingerprint density at radius 3 is 2.59 bits per heavy atom. The number of alkyl halides is 3. The number of nitrogens with one attached hydrogen (secondary N) is 1. The van der Waals surface area contributed by atoms with E-state index in [-0.39, 0.29) is 19.6 Å². The van der Waals surface area contributed by atoms with Gasteiger partial charge in [0, 0.05) is 6.42 Å². The standard InChI is InChI=1S/C18H22F3N2O4/c1-3-9-26-17(25)23(16(24)18(19,20)21)11-15(10-13(23)2)22-27-12-14-7-5-4-6-8-14/h3-8,13,15,22H,1,9-12H2,2H3/q+1/t13-,15-,23?/m1/s1. The average molecular weight is 387 g/mol. The van der Waals surface area contributed by atoms with Crippen LogP contribution >= 0.6 is 0 Å². The van der Waals surface area contributed by atoms with Crippen LogP contribution in [0.2, 0.25) is 0 Å². The summed E-state index contributed by atoms with van der Waals surface area (Å²) < 4.78 is 42.8. The van der Waals surface area contributed by atoms with Gasteiger partial charge in [-0.3, -0.25) is 4.84 Å². The van der Waals surface area contributed by atoms with E-state index in [1.165, 1.54) is 13.0 Å². The minimum atomic E-state index is -5.17. The van der Waals surface area contributed by atoms with E-state index in [2.05, 4.69) is 12.1 Å². The molecule has 3 atom stereocenters. The number of hydrogen-bond donors (Lipinski definition) is 1. The van der Waals surface area contributed by atoms with Gasteiger partial charge in [-0.1, -0.05) is 43.0 Å². The summed E-state index contributed by atoms with van der Waals surface area (Å²) in [5, 5.41) is 0. The van der Waals surface area contributed by atoms with Crippen LogP contribution in [-0.2, 0) is 21.0 Å². The number of ether oxygens (including phenoxy) is 1. The topological polar surface area (TPSA) is 64.6 Å².